The molecule has 3 heterocycles. The largest absolute Gasteiger partial charge is 0.495 e. The van der Waals surface area contributed by atoms with Crippen molar-refractivity contribution in [2.45, 2.75) is 25.9 Å². The van der Waals surface area contributed by atoms with Crippen molar-refractivity contribution in [3.63, 3.8) is 0 Å². The highest BCUT2D eigenvalue weighted by Crippen LogP contribution is 2.47. The van der Waals surface area contributed by atoms with Crippen LogP contribution in [0.1, 0.15) is 29.6 Å². The highest BCUT2D eigenvalue weighted by molar-refractivity contribution is 5.65. The fourth-order valence-electron chi connectivity index (χ4n) is 3.01. The summed E-state index contributed by atoms with van der Waals surface area (Å²) in [6.07, 6.45) is 4.40. The molecule has 3 aromatic rings. The maximum absolute atomic E-state index is 9.42. The molecule has 4 rings (SSSR count). The Hall–Kier alpha value is -3.07. The van der Waals surface area contributed by atoms with Crippen LogP contribution < -0.4 is 9.47 Å². The number of aliphatic hydroxyl groups is 1. The number of rotatable bonds is 7. The summed E-state index contributed by atoms with van der Waals surface area (Å²) in [6.45, 7) is 2.09. The topological polar surface area (TPSA) is 119 Å². The number of nitrogens with one attached hydrogen (secondary N) is 1. The van der Waals surface area contributed by atoms with Gasteiger partial charge in [0.15, 0.2) is 0 Å². The highest BCUT2D eigenvalue weighted by Gasteiger charge is 2.40. The van der Waals surface area contributed by atoms with Crippen molar-refractivity contribution in [2.75, 3.05) is 13.7 Å². The van der Waals surface area contributed by atoms with Gasteiger partial charge in [0, 0.05) is 23.7 Å². The van der Waals surface area contributed by atoms with Gasteiger partial charge in [0.25, 0.3) is 0 Å². The summed E-state index contributed by atoms with van der Waals surface area (Å²) in [4.78, 5) is 13.1. The number of methoxy groups -OCH3 is 1. The van der Waals surface area contributed by atoms with E-state index in [1.54, 1.807) is 26.4 Å². The average molecular weight is 368 g/mol. The Labute approximate surface area is 155 Å². The Kier molecular flexibility index (Phi) is 4.68. The van der Waals surface area contributed by atoms with E-state index in [0.717, 1.165) is 17.9 Å². The Morgan fingerprint density at radius 1 is 1.22 bits per heavy atom. The summed E-state index contributed by atoms with van der Waals surface area (Å²) in [5, 5.41) is 20.0. The molecule has 2 atom stereocenters. The van der Waals surface area contributed by atoms with Crippen molar-refractivity contribution in [1.82, 2.24) is 30.4 Å². The van der Waals surface area contributed by atoms with Gasteiger partial charge in [-0.1, -0.05) is 0 Å². The lowest BCUT2D eigenvalue weighted by atomic mass is 10.2. The molecule has 0 radical (unpaired) electrons. The Morgan fingerprint density at radius 3 is 2.85 bits per heavy atom. The number of hydrogen-bond donors (Lipinski definition) is 2. The lowest BCUT2D eigenvalue weighted by Gasteiger charge is -2.10. The number of aromatic nitrogens is 6. The SMILES string of the molecule is COc1ccc(C2CC2COc2nc(C)ncc2-c2n[nH]nc2CO)nc1. The van der Waals surface area contributed by atoms with Crippen molar-refractivity contribution in [1.29, 1.82) is 0 Å². The molecular formula is C18H20N6O3. The van der Waals surface area contributed by atoms with Gasteiger partial charge in [-0.25, -0.2) is 4.98 Å². The van der Waals surface area contributed by atoms with E-state index in [-0.39, 0.29) is 6.61 Å². The van der Waals surface area contributed by atoms with Gasteiger partial charge in [-0.15, -0.1) is 0 Å². The molecule has 0 aromatic carbocycles. The van der Waals surface area contributed by atoms with Crippen LogP contribution >= 0.6 is 0 Å². The molecule has 2 unspecified atom stereocenters. The van der Waals surface area contributed by atoms with Gasteiger partial charge in [0.05, 0.1) is 32.1 Å². The molecule has 0 saturated heterocycles. The summed E-state index contributed by atoms with van der Waals surface area (Å²) in [5.41, 5.74) is 2.58. The number of pyridine rings is 1. The predicted molar refractivity (Wildman–Crippen MR) is 95.2 cm³/mol. The molecule has 140 valence electrons. The van der Waals surface area contributed by atoms with Crippen molar-refractivity contribution in [2.24, 2.45) is 5.92 Å². The second kappa shape index (κ2) is 7.28. The van der Waals surface area contributed by atoms with Crippen LogP contribution in [0.25, 0.3) is 11.3 Å². The maximum Gasteiger partial charge on any atom is 0.226 e. The van der Waals surface area contributed by atoms with E-state index in [1.807, 2.05) is 12.1 Å². The molecule has 0 amide bonds. The molecule has 9 heteroatoms. The molecule has 1 aliphatic rings. The zero-order valence-electron chi connectivity index (χ0n) is 15.1. The van der Waals surface area contributed by atoms with Gasteiger partial charge in [-0.05, 0) is 25.5 Å². The number of aromatic amines is 1. The number of ether oxygens (including phenoxy) is 2. The zero-order valence-corrected chi connectivity index (χ0v) is 15.1. The van der Waals surface area contributed by atoms with Crippen molar-refractivity contribution >= 4 is 0 Å². The molecule has 1 saturated carbocycles. The zero-order chi connectivity index (χ0) is 18.8. The second-order valence-corrected chi connectivity index (χ2v) is 6.45. The smallest absolute Gasteiger partial charge is 0.226 e. The van der Waals surface area contributed by atoms with Gasteiger partial charge >= 0.3 is 0 Å². The van der Waals surface area contributed by atoms with Crippen molar-refractivity contribution in [3.8, 4) is 22.9 Å². The minimum atomic E-state index is -0.229. The summed E-state index contributed by atoms with van der Waals surface area (Å²) in [5.74, 6) is 2.55. The van der Waals surface area contributed by atoms with Crippen LogP contribution in [-0.4, -0.2) is 49.2 Å². The summed E-state index contributed by atoms with van der Waals surface area (Å²) >= 11 is 0. The lowest BCUT2D eigenvalue weighted by Crippen LogP contribution is -2.06. The molecule has 0 bridgehead atoms. The third-order valence-electron chi connectivity index (χ3n) is 4.63. The van der Waals surface area contributed by atoms with E-state index in [4.69, 9.17) is 9.47 Å². The number of aryl methyl sites for hydroxylation is 1. The first kappa shape index (κ1) is 17.3. The fourth-order valence-corrected chi connectivity index (χ4v) is 3.01. The van der Waals surface area contributed by atoms with Gasteiger partial charge in [-0.2, -0.15) is 20.4 Å². The van der Waals surface area contributed by atoms with Crippen molar-refractivity contribution in [3.05, 3.63) is 41.7 Å². The summed E-state index contributed by atoms with van der Waals surface area (Å²) in [6, 6.07) is 3.91. The molecule has 0 aliphatic heterocycles. The molecule has 3 aromatic heterocycles. The third-order valence-corrected chi connectivity index (χ3v) is 4.63. The van der Waals surface area contributed by atoms with Crippen LogP contribution in [0.5, 0.6) is 11.6 Å². The molecule has 0 spiro atoms. The number of aliphatic hydroxyl groups excluding tert-OH is 1. The summed E-state index contributed by atoms with van der Waals surface area (Å²) < 4.78 is 11.1. The van der Waals surface area contributed by atoms with Crippen LogP contribution in [0.3, 0.4) is 0 Å². The van der Waals surface area contributed by atoms with Crippen LogP contribution in [0.15, 0.2) is 24.5 Å². The number of H-pyrrole nitrogens is 1. The first-order chi connectivity index (χ1) is 13.2. The second-order valence-electron chi connectivity index (χ2n) is 6.45. The monoisotopic (exact) mass is 368 g/mol. The summed E-state index contributed by atoms with van der Waals surface area (Å²) in [7, 11) is 1.63. The van der Waals surface area contributed by atoms with Crippen LogP contribution in [0, 0.1) is 12.8 Å². The van der Waals surface area contributed by atoms with E-state index in [0.29, 0.717) is 47.1 Å². The first-order valence-electron chi connectivity index (χ1n) is 8.66. The standard InChI is InChI=1S/C18H20N6O3/c1-10-19-7-14(17-16(8-25)22-24-23-17)18(21-10)27-9-11-5-13(11)15-4-3-12(26-2)6-20-15/h3-4,6-7,11,13,25H,5,8-9H2,1-2H3,(H,22,23,24). The van der Waals surface area contributed by atoms with Crippen molar-refractivity contribution < 1.29 is 14.6 Å². The van der Waals surface area contributed by atoms with Gasteiger partial charge in [0.2, 0.25) is 5.88 Å². The van der Waals surface area contributed by atoms with E-state index in [2.05, 4.69) is 30.4 Å². The first-order valence-corrected chi connectivity index (χ1v) is 8.66. The molecule has 2 N–H and O–H groups in total. The van der Waals surface area contributed by atoms with Crippen LogP contribution in [0.2, 0.25) is 0 Å². The van der Waals surface area contributed by atoms with Gasteiger partial charge in [0.1, 0.15) is 23.0 Å². The minimum Gasteiger partial charge on any atom is -0.495 e. The quantitative estimate of drug-likeness (QED) is 0.646. The number of nitrogens with zero attached hydrogens (tertiary/aromatic N) is 5. The maximum atomic E-state index is 9.42. The molecule has 1 fully saturated rings. The van der Waals surface area contributed by atoms with E-state index < -0.39 is 0 Å². The lowest BCUT2D eigenvalue weighted by molar-refractivity contribution is 0.276. The Bertz CT molecular complexity index is 927. The molecular weight excluding hydrogens is 348 g/mol. The van der Waals surface area contributed by atoms with Crippen LogP contribution in [-0.2, 0) is 6.61 Å². The highest BCUT2D eigenvalue weighted by atomic mass is 16.5. The predicted octanol–water partition coefficient (Wildman–Crippen LogP) is 1.65. The number of hydrogen-bond acceptors (Lipinski definition) is 8. The normalized spacial score (nSPS) is 18.3. The van der Waals surface area contributed by atoms with Gasteiger partial charge in [-0.3, -0.25) is 4.98 Å². The minimum absolute atomic E-state index is 0.229. The average Bonchev–Trinajstić information content (AvgIpc) is 3.32. The van der Waals surface area contributed by atoms with E-state index >= 15 is 0 Å². The fraction of sp³-hybridized carbons (Fsp3) is 0.389. The molecule has 9 nitrogen and oxygen atoms in total. The van der Waals surface area contributed by atoms with E-state index in [1.165, 1.54) is 0 Å². The molecule has 27 heavy (non-hydrogen) atoms. The molecule has 1 aliphatic carbocycles. The van der Waals surface area contributed by atoms with E-state index in [9.17, 15) is 5.11 Å². The van der Waals surface area contributed by atoms with Crippen LogP contribution in [0.4, 0.5) is 0 Å². The third kappa shape index (κ3) is 3.59. The Morgan fingerprint density at radius 2 is 2.11 bits per heavy atom. The van der Waals surface area contributed by atoms with Gasteiger partial charge < -0.3 is 14.6 Å². The Balaban J connectivity index is 1.46.